The summed E-state index contributed by atoms with van der Waals surface area (Å²) in [6, 6.07) is 8.45. The number of hydrogen-bond donors (Lipinski definition) is 1. The van der Waals surface area contributed by atoms with Crippen LogP contribution in [0.4, 0.5) is 0 Å². The van der Waals surface area contributed by atoms with Crippen LogP contribution in [0.25, 0.3) is 0 Å². The zero-order valence-electron chi connectivity index (χ0n) is 12.3. The first-order chi connectivity index (χ1) is 10.3. The van der Waals surface area contributed by atoms with Gasteiger partial charge in [0, 0.05) is 18.0 Å². The summed E-state index contributed by atoms with van der Waals surface area (Å²) in [5.74, 6) is 1.94. The van der Waals surface area contributed by atoms with Gasteiger partial charge in [0.1, 0.15) is 0 Å². The summed E-state index contributed by atoms with van der Waals surface area (Å²) in [4.78, 5) is 16.3. The molecule has 1 amide bonds. The lowest BCUT2D eigenvalue weighted by molar-refractivity contribution is -0.130. The van der Waals surface area contributed by atoms with Crippen LogP contribution in [0.1, 0.15) is 18.4 Å². The first kappa shape index (κ1) is 13.6. The molecule has 3 aliphatic rings. The minimum Gasteiger partial charge on any atom is -0.342 e. The third-order valence-electron chi connectivity index (χ3n) is 5.25. The maximum absolute atomic E-state index is 12.8. The van der Waals surface area contributed by atoms with Crippen LogP contribution in [-0.2, 0) is 11.2 Å². The van der Waals surface area contributed by atoms with Gasteiger partial charge in [-0.1, -0.05) is 18.2 Å². The molecule has 0 radical (unpaired) electrons. The molecule has 4 rings (SSSR count). The standard InChI is InChI=1S/C17H22N2OS/c20-17(16-9-12-3-1-2-4-15(12)21-16)19-7-5-13-10-18-11-14(13)6-8-19/h1-4,13-14,16,18H,5-11H2/t13-,14+,16?. The normalized spacial score (nSPS) is 31.6. The summed E-state index contributed by atoms with van der Waals surface area (Å²) in [5, 5.41) is 3.61. The first-order valence-electron chi connectivity index (χ1n) is 8.05. The van der Waals surface area contributed by atoms with E-state index in [1.807, 2.05) is 0 Å². The number of fused-ring (bicyclic) bond motifs is 2. The van der Waals surface area contributed by atoms with Gasteiger partial charge in [-0.2, -0.15) is 0 Å². The Kier molecular flexibility index (Phi) is 3.67. The molecule has 1 aromatic rings. The van der Waals surface area contributed by atoms with E-state index in [1.165, 1.54) is 23.3 Å². The summed E-state index contributed by atoms with van der Waals surface area (Å²) >= 11 is 1.76. The molecule has 112 valence electrons. The number of carbonyl (C=O) groups is 1. The van der Waals surface area contributed by atoms with E-state index in [9.17, 15) is 4.79 Å². The average Bonchev–Trinajstić information content (AvgIpc) is 3.09. The Hall–Kier alpha value is -1.00. The predicted octanol–water partition coefficient (Wildman–Crippen LogP) is 2.16. The Morgan fingerprint density at radius 3 is 2.57 bits per heavy atom. The van der Waals surface area contributed by atoms with E-state index < -0.39 is 0 Å². The molecule has 0 spiro atoms. The topological polar surface area (TPSA) is 32.3 Å². The molecule has 3 heterocycles. The Balaban J connectivity index is 1.42. The van der Waals surface area contributed by atoms with Crippen LogP contribution < -0.4 is 5.32 Å². The Bertz CT molecular complexity index is 508. The quantitative estimate of drug-likeness (QED) is 0.863. The van der Waals surface area contributed by atoms with Gasteiger partial charge < -0.3 is 10.2 Å². The zero-order valence-corrected chi connectivity index (χ0v) is 13.1. The highest BCUT2D eigenvalue weighted by Gasteiger charge is 2.35. The number of hydrogen-bond acceptors (Lipinski definition) is 3. The zero-order chi connectivity index (χ0) is 14.2. The highest BCUT2D eigenvalue weighted by molar-refractivity contribution is 8.01. The van der Waals surface area contributed by atoms with Crippen molar-refractivity contribution in [2.45, 2.75) is 29.4 Å². The largest absolute Gasteiger partial charge is 0.342 e. The molecule has 3 nitrogen and oxygen atoms in total. The predicted molar refractivity (Wildman–Crippen MR) is 85.5 cm³/mol. The van der Waals surface area contributed by atoms with Crippen molar-refractivity contribution in [3.63, 3.8) is 0 Å². The minimum absolute atomic E-state index is 0.110. The minimum atomic E-state index is 0.110. The van der Waals surface area contributed by atoms with Gasteiger partial charge in [-0.15, -0.1) is 11.8 Å². The second kappa shape index (κ2) is 5.65. The van der Waals surface area contributed by atoms with Crippen LogP contribution in [-0.4, -0.2) is 42.2 Å². The van der Waals surface area contributed by atoms with Crippen molar-refractivity contribution in [1.29, 1.82) is 0 Å². The molecule has 0 saturated carbocycles. The third-order valence-corrected chi connectivity index (χ3v) is 6.56. The van der Waals surface area contributed by atoms with Crippen molar-refractivity contribution in [3.05, 3.63) is 29.8 Å². The van der Waals surface area contributed by atoms with Crippen molar-refractivity contribution in [2.75, 3.05) is 26.2 Å². The Morgan fingerprint density at radius 1 is 1.14 bits per heavy atom. The van der Waals surface area contributed by atoms with Gasteiger partial charge in [0.25, 0.3) is 0 Å². The molecule has 4 heteroatoms. The van der Waals surface area contributed by atoms with Crippen LogP contribution in [0.5, 0.6) is 0 Å². The SMILES string of the molecule is O=C(C1Cc2ccccc2S1)N1CC[C@@H]2CNC[C@@H]2CC1. The van der Waals surface area contributed by atoms with Gasteiger partial charge in [-0.05, 0) is 55.8 Å². The molecule has 0 bridgehead atoms. The summed E-state index contributed by atoms with van der Waals surface area (Å²) in [5.41, 5.74) is 1.34. The Morgan fingerprint density at radius 2 is 1.86 bits per heavy atom. The van der Waals surface area contributed by atoms with Gasteiger partial charge in [0.05, 0.1) is 5.25 Å². The lowest BCUT2D eigenvalue weighted by Crippen LogP contribution is -2.38. The molecule has 21 heavy (non-hydrogen) atoms. The molecule has 0 aliphatic carbocycles. The summed E-state index contributed by atoms with van der Waals surface area (Å²) in [6.45, 7) is 4.21. The number of benzene rings is 1. The molecular formula is C17H22N2OS. The number of likely N-dealkylation sites (tertiary alicyclic amines) is 1. The molecule has 2 saturated heterocycles. The number of rotatable bonds is 1. The molecule has 0 aromatic heterocycles. The number of nitrogens with zero attached hydrogens (tertiary/aromatic N) is 1. The van der Waals surface area contributed by atoms with E-state index in [-0.39, 0.29) is 5.25 Å². The third kappa shape index (κ3) is 2.59. The fourth-order valence-corrected chi connectivity index (χ4v) is 5.24. The molecular weight excluding hydrogens is 280 g/mol. The van der Waals surface area contributed by atoms with E-state index in [0.29, 0.717) is 5.91 Å². The van der Waals surface area contributed by atoms with Gasteiger partial charge in [0.15, 0.2) is 0 Å². The van der Waals surface area contributed by atoms with E-state index in [2.05, 4.69) is 34.5 Å². The van der Waals surface area contributed by atoms with Crippen LogP contribution in [0, 0.1) is 11.8 Å². The fraction of sp³-hybridized carbons (Fsp3) is 0.588. The Labute approximate surface area is 130 Å². The van der Waals surface area contributed by atoms with E-state index in [1.54, 1.807) is 11.8 Å². The average molecular weight is 302 g/mol. The highest BCUT2D eigenvalue weighted by Crippen LogP contribution is 2.38. The van der Waals surface area contributed by atoms with Gasteiger partial charge in [0.2, 0.25) is 5.91 Å². The summed E-state index contributed by atoms with van der Waals surface area (Å²) in [6.07, 6.45) is 3.26. The van der Waals surface area contributed by atoms with E-state index >= 15 is 0 Å². The molecule has 1 unspecified atom stereocenters. The van der Waals surface area contributed by atoms with Gasteiger partial charge >= 0.3 is 0 Å². The monoisotopic (exact) mass is 302 g/mol. The van der Waals surface area contributed by atoms with Gasteiger partial charge in [-0.3, -0.25) is 4.79 Å². The van der Waals surface area contributed by atoms with Crippen molar-refractivity contribution in [3.8, 4) is 0 Å². The lowest BCUT2D eigenvalue weighted by atomic mass is 9.92. The second-order valence-electron chi connectivity index (χ2n) is 6.50. The smallest absolute Gasteiger partial charge is 0.236 e. The second-order valence-corrected chi connectivity index (χ2v) is 7.74. The van der Waals surface area contributed by atoms with Crippen LogP contribution in [0.2, 0.25) is 0 Å². The van der Waals surface area contributed by atoms with E-state index in [4.69, 9.17) is 0 Å². The van der Waals surface area contributed by atoms with Crippen molar-refractivity contribution in [1.82, 2.24) is 10.2 Å². The van der Waals surface area contributed by atoms with Crippen molar-refractivity contribution < 1.29 is 4.79 Å². The highest BCUT2D eigenvalue weighted by atomic mass is 32.2. The molecule has 3 atom stereocenters. The number of thioether (sulfide) groups is 1. The van der Waals surface area contributed by atoms with E-state index in [0.717, 1.165) is 44.4 Å². The molecule has 1 N–H and O–H groups in total. The van der Waals surface area contributed by atoms with Gasteiger partial charge in [-0.25, -0.2) is 0 Å². The van der Waals surface area contributed by atoms with Crippen LogP contribution in [0.3, 0.4) is 0 Å². The van der Waals surface area contributed by atoms with Crippen LogP contribution >= 0.6 is 11.8 Å². The maximum atomic E-state index is 12.8. The number of carbonyl (C=O) groups excluding carboxylic acids is 1. The van der Waals surface area contributed by atoms with Crippen molar-refractivity contribution in [2.24, 2.45) is 11.8 Å². The van der Waals surface area contributed by atoms with Crippen molar-refractivity contribution >= 4 is 17.7 Å². The maximum Gasteiger partial charge on any atom is 0.236 e. The van der Waals surface area contributed by atoms with Crippen LogP contribution in [0.15, 0.2) is 29.2 Å². The molecule has 1 aromatic carbocycles. The first-order valence-corrected chi connectivity index (χ1v) is 8.93. The number of amides is 1. The summed E-state index contributed by atoms with van der Waals surface area (Å²) < 4.78 is 0. The molecule has 3 aliphatic heterocycles. The fourth-order valence-electron chi connectivity index (χ4n) is 3.96. The summed E-state index contributed by atoms with van der Waals surface area (Å²) in [7, 11) is 0. The number of nitrogens with one attached hydrogen (secondary N) is 1. The lowest BCUT2D eigenvalue weighted by Gasteiger charge is -2.23. The molecule has 2 fully saturated rings.